The van der Waals surface area contributed by atoms with E-state index in [1.54, 1.807) is 11.3 Å². The van der Waals surface area contributed by atoms with Gasteiger partial charge in [-0.3, -0.25) is 4.68 Å². The molecule has 3 heterocycles. The van der Waals surface area contributed by atoms with Crippen molar-refractivity contribution in [2.45, 2.75) is 25.3 Å². The molecule has 2 aromatic heterocycles. The van der Waals surface area contributed by atoms with E-state index in [1.807, 2.05) is 18.3 Å². The summed E-state index contributed by atoms with van der Waals surface area (Å²) in [6, 6.07) is 13.0. The monoisotopic (exact) mass is 325 g/mol. The number of aromatic nitrogens is 4. The van der Waals surface area contributed by atoms with Crippen molar-refractivity contribution in [2.75, 3.05) is 18.0 Å². The average molecular weight is 325 g/mol. The van der Waals surface area contributed by atoms with E-state index in [2.05, 4.69) is 55.3 Å². The molecule has 0 bridgehead atoms. The second kappa shape index (κ2) is 6.50. The van der Waals surface area contributed by atoms with Crippen LogP contribution < -0.4 is 4.90 Å². The predicted octanol–water partition coefficient (Wildman–Crippen LogP) is 3.17. The molecule has 23 heavy (non-hydrogen) atoms. The van der Waals surface area contributed by atoms with Gasteiger partial charge in [-0.15, -0.1) is 10.2 Å². The van der Waals surface area contributed by atoms with Crippen LogP contribution in [0.5, 0.6) is 0 Å². The summed E-state index contributed by atoms with van der Waals surface area (Å²) in [6.45, 7) is 2.04. The van der Waals surface area contributed by atoms with Gasteiger partial charge in [0.2, 0.25) is 5.13 Å². The van der Waals surface area contributed by atoms with Crippen molar-refractivity contribution < 1.29 is 0 Å². The third-order valence-corrected chi connectivity index (χ3v) is 5.27. The van der Waals surface area contributed by atoms with Gasteiger partial charge in [0, 0.05) is 31.9 Å². The maximum Gasteiger partial charge on any atom is 0.208 e. The number of anilines is 1. The molecule has 0 radical (unpaired) electrons. The predicted molar refractivity (Wildman–Crippen MR) is 91.9 cm³/mol. The first-order chi connectivity index (χ1) is 11.4. The number of benzene rings is 1. The van der Waals surface area contributed by atoms with Crippen LogP contribution in [-0.2, 0) is 6.42 Å². The molecule has 0 saturated carbocycles. The molecule has 0 unspecified atom stereocenters. The fourth-order valence-corrected chi connectivity index (χ4v) is 3.96. The van der Waals surface area contributed by atoms with Crippen molar-refractivity contribution in [3.8, 4) is 0 Å². The van der Waals surface area contributed by atoms with Crippen molar-refractivity contribution in [1.82, 2.24) is 20.0 Å². The van der Waals surface area contributed by atoms with Gasteiger partial charge in [-0.1, -0.05) is 41.7 Å². The van der Waals surface area contributed by atoms with Gasteiger partial charge in [0.25, 0.3) is 0 Å². The highest BCUT2D eigenvalue weighted by Gasteiger charge is 2.23. The first kappa shape index (κ1) is 14.4. The molecule has 1 aliphatic rings. The van der Waals surface area contributed by atoms with Gasteiger partial charge in [-0.2, -0.15) is 5.10 Å². The number of piperidine rings is 1. The van der Waals surface area contributed by atoms with Crippen LogP contribution in [0.1, 0.15) is 29.5 Å². The van der Waals surface area contributed by atoms with Gasteiger partial charge in [-0.05, 0) is 24.5 Å². The Morgan fingerprint density at radius 1 is 1.04 bits per heavy atom. The molecule has 0 atom stereocenters. The van der Waals surface area contributed by atoms with Gasteiger partial charge < -0.3 is 4.90 Å². The van der Waals surface area contributed by atoms with E-state index in [4.69, 9.17) is 0 Å². The Morgan fingerprint density at radius 2 is 1.87 bits per heavy atom. The molecule has 0 amide bonds. The minimum Gasteiger partial charge on any atom is -0.347 e. The van der Waals surface area contributed by atoms with Gasteiger partial charge in [0.15, 0.2) is 0 Å². The van der Waals surface area contributed by atoms with E-state index in [0.717, 1.165) is 42.5 Å². The van der Waals surface area contributed by atoms with Crippen LogP contribution in [0, 0.1) is 0 Å². The minimum absolute atomic E-state index is 0.512. The molecule has 1 aliphatic heterocycles. The van der Waals surface area contributed by atoms with Gasteiger partial charge in [0.05, 0.1) is 6.04 Å². The Labute approximate surface area is 139 Å². The summed E-state index contributed by atoms with van der Waals surface area (Å²) in [5, 5.41) is 15.3. The maximum absolute atomic E-state index is 4.40. The first-order valence-corrected chi connectivity index (χ1v) is 8.80. The highest BCUT2D eigenvalue weighted by Crippen LogP contribution is 2.28. The third-order valence-electron chi connectivity index (χ3n) is 4.29. The van der Waals surface area contributed by atoms with Crippen LogP contribution in [0.15, 0.2) is 48.8 Å². The number of nitrogens with zero attached hydrogens (tertiary/aromatic N) is 5. The van der Waals surface area contributed by atoms with Crippen molar-refractivity contribution >= 4 is 16.5 Å². The fraction of sp³-hybridized carbons (Fsp3) is 0.353. The lowest BCUT2D eigenvalue weighted by Crippen LogP contribution is -2.34. The molecule has 3 aromatic rings. The van der Waals surface area contributed by atoms with Crippen LogP contribution in [0.2, 0.25) is 0 Å². The molecular weight excluding hydrogens is 306 g/mol. The van der Waals surface area contributed by atoms with E-state index in [-0.39, 0.29) is 0 Å². The highest BCUT2D eigenvalue weighted by molar-refractivity contribution is 7.15. The van der Waals surface area contributed by atoms with E-state index < -0.39 is 0 Å². The van der Waals surface area contributed by atoms with Crippen LogP contribution in [0.4, 0.5) is 5.13 Å². The maximum atomic E-state index is 4.40. The standard InChI is InChI=1S/C17H19N5S/c1-2-5-14(6-3-1)13-16-19-20-17(23-16)21-11-7-15(8-12-21)22-10-4-9-18-22/h1-6,9-10,15H,7-8,11-13H2. The molecule has 1 saturated heterocycles. The number of hydrogen-bond acceptors (Lipinski definition) is 5. The smallest absolute Gasteiger partial charge is 0.208 e. The number of rotatable bonds is 4. The lowest BCUT2D eigenvalue weighted by molar-refractivity contribution is 0.366. The fourth-order valence-electron chi connectivity index (χ4n) is 3.03. The number of hydrogen-bond donors (Lipinski definition) is 0. The minimum atomic E-state index is 0.512. The topological polar surface area (TPSA) is 46.8 Å². The molecule has 0 aliphatic carbocycles. The molecule has 4 rings (SSSR count). The van der Waals surface area contributed by atoms with Crippen LogP contribution in [0.25, 0.3) is 0 Å². The molecule has 0 spiro atoms. The Hall–Kier alpha value is -2.21. The summed E-state index contributed by atoms with van der Waals surface area (Å²) in [6.07, 6.45) is 6.99. The highest BCUT2D eigenvalue weighted by atomic mass is 32.1. The lowest BCUT2D eigenvalue weighted by Gasteiger charge is -2.31. The van der Waals surface area contributed by atoms with Crippen molar-refractivity contribution in [3.63, 3.8) is 0 Å². The average Bonchev–Trinajstić information content (AvgIpc) is 3.28. The van der Waals surface area contributed by atoms with Crippen LogP contribution in [0.3, 0.4) is 0 Å². The third kappa shape index (κ3) is 3.27. The van der Waals surface area contributed by atoms with Crippen molar-refractivity contribution in [1.29, 1.82) is 0 Å². The van der Waals surface area contributed by atoms with E-state index >= 15 is 0 Å². The second-order valence-corrected chi connectivity index (χ2v) is 6.89. The molecule has 5 nitrogen and oxygen atoms in total. The SMILES string of the molecule is c1ccc(Cc2nnc(N3CCC(n4cccn4)CC3)s2)cc1. The molecule has 0 N–H and O–H groups in total. The largest absolute Gasteiger partial charge is 0.347 e. The van der Waals surface area contributed by atoms with Crippen molar-refractivity contribution in [2.24, 2.45) is 0 Å². The van der Waals surface area contributed by atoms with Gasteiger partial charge in [-0.25, -0.2) is 0 Å². The van der Waals surface area contributed by atoms with Gasteiger partial charge in [0.1, 0.15) is 5.01 Å². The zero-order valence-corrected chi connectivity index (χ0v) is 13.7. The van der Waals surface area contributed by atoms with Crippen molar-refractivity contribution in [3.05, 3.63) is 59.4 Å². The Bertz CT molecular complexity index is 729. The Kier molecular flexibility index (Phi) is 4.06. The second-order valence-electron chi connectivity index (χ2n) is 5.85. The van der Waals surface area contributed by atoms with E-state index in [0.29, 0.717) is 6.04 Å². The van der Waals surface area contributed by atoms with E-state index in [1.165, 1.54) is 5.56 Å². The summed E-state index contributed by atoms with van der Waals surface area (Å²) in [5.41, 5.74) is 1.28. The zero-order chi connectivity index (χ0) is 15.5. The Morgan fingerprint density at radius 3 is 2.61 bits per heavy atom. The molecular formula is C17H19N5S. The zero-order valence-electron chi connectivity index (χ0n) is 12.9. The van der Waals surface area contributed by atoms with E-state index in [9.17, 15) is 0 Å². The summed E-state index contributed by atoms with van der Waals surface area (Å²) < 4.78 is 2.08. The normalized spacial score (nSPS) is 15.9. The Balaban J connectivity index is 1.38. The summed E-state index contributed by atoms with van der Waals surface area (Å²) in [5.74, 6) is 0. The quantitative estimate of drug-likeness (QED) is 0.739. The molecule has 6 heteroatoms. The summed E-state index contributed by atoms with van der Waals surface area (Å²) in [7, 11) is 0. The lowest BCUT2D eigenvalue weighted by atomic mass is 10.1. The van der Waals surface area contributed by atoms with Crippen LogP contribution >= 0.6 is 11.3 Å². The molecule has 118 valence electrons. The summed E-state index contributed by atoms with van der Waals surface area (Å²) in [4.78, 5) is 2.35. The first-order valence-electron chi connectivity index (χ1n) is 7.99. The summed E-state index contributed by atoms with van der Waals surface area (Å²) >= 11 is 1.71. The molecule has 1 aromatic carbocycles. The molecule has 1 fully saturated rings. The van der Waals surface area contributed by atoms with Crippen LogP contribution in [-0.4, -0.2) is 33.1 Å². The van der Waals surface area contributed by atoms with Gasteiger partial charge >= 0.3 is 0 Å².